The molecule has 0 aliphatic heterocycles. The minimum absolute atomic E-state index is 0.119. The number of carbonyl (C=O) groups is 1. The van der Waals surface area contributed by atoms with E-state index < -0.39 is 0 Å². The predicted molar refractivity (Wildman–Crippen MR) is 119 cm³/mol. The molecule has 6 nitrogen and oxygen atoms in total. The van der Waals surface area contributed by atoms with Crippen molar-refractivity contribution in [1.29, 1.82) is 0 Å². The Morgan fingerprint density at radius 1 is 1.03 bits per heavy atom. The molecular weight excluding hydrogens is 390 g/mol. The number of benzene rings is 2. The van der Waals surface area contributed by atoms with Crippen LogP contribution in [0, 0.1) is 0 Å². The van der Waals surface area contributed by atoms with Gasteiger partial charge in [0.05, 0.1) is 25.5 Å². The maximum Gasteiger partial charge on any atom is 0.272 e. The number of amides is 1. The molecule has 1 aromatic heterocycles. The fourth-order valence-electron chi connectivity index (χ4n) is 3.95. The third-order valence-electron chi connectivity index (χ3n) is 5.44. The molecule has 1 aliphatic carbocycles. The van der Waals surface area contributed by atoms with Gasteiger partial charge >= 0.3 is 0 Å². The van der Waals surface area contributed by atoms with E-state index in [-0.39, 0.29) is 5.91 Å². The van der Waals surface area contributed by atoms with Crippen molar-refractivity contribution in [2.45, 2.75) is 39.3 Å². The van der Waals surface area contributed by atoms with Crippen molar-refractivity contribution in [3.63, 3.8) is 0 Å². The van der Waals surface area contributed by atoms with Gasteiger partial charge in [-0.15, -0.1) is 0 Å². The monoisotopic (exact) mass is 419 g/mol. The van der Waals surface area contributed by atoms with Crippen molar-refractivity contribution < 1.29 is 14.3 Å². The van der Waals surface area contributed by atoms with Crippen LogP contribution in [0.15, 0.2) is 54.6 Å². The second kappa shape index (κ2) is 10.4. The number of hydrogen-bond acceptors (Lipinski definition) is 4. The number of nitrogens with zero attached hydrogens (tertiary/aromatic N) is 2. The highest BCUT2D eigenvalue weighted by Gasteiger charge is 2.26. The number of fused-ring (bicyclic) bond motifs is 1. The van der Waals surface area contributed by atoms with Gasteiger partial charge in [-0.2, -0.15) is 5.10 Å². The van der Waals surface area contributed by atoms with Crippen molar-refractivity contribution >= 4 is 5.91 Å². The second-order valence-electron chi connectivity index (χ2n) is 7.63. The summed E-state index contributed by atoms with van der Waals surface area (Å²) in [6, 6.07) is 18.1. The van der Waals surface area contributed by atoms with E-state index in [1.165, 1.54) is 0 Å². The van der Waals surface area contributed by atoms with Crippen LogP contribution >= 0.6 is 0 Å². The number of nitrogens with one attached hydrogen (secondary N) is 1. The molecule has 0 radical (unpaired) electrons. The molecule has 0 saturated heterocycles. The van der Waals surface area contributed by atoms with Crippen molar-refractivity contribution in [3.8, 4) is 5.69 Å². The summed E-state index contributed by atoms with van der Waals surface area (Å²) < 4.78 is 12.9. The SMILES string of the molecule is CCOCCOCc1cccc(CNC(=O)c2nn(-c3ccccc3)c3c2CCC3)c1. The summed E-state index contributed by atoms with van der Waals surface area (Å²) in [7, 11) is 0. The highest BCUT2D eigenvalue weighted by Crippen LogP contribution is 2.27. The molecule has 1 amide bonds. The van der Waals surface area contributed by atoms with Gasteiger partial charge in [0.1, 0.15) is 0 Å². The fourth-order valence-corrected chi connectivity index (χ4v) is 3.95. The second-order valence-corrected chi connectivity index (χ2v) is 7.63. The molecule has 0 bridgehead atoms. The van der Waals surface area contributed by atoms with E-state index in [0.29, 0.717) is 38.7 Å². The maximum absolute atomic E-state index is 13.0. The lowest BCUT2D eigenvalue weighted by molar-refractivity contribution is 0.0453. The standard InChI is InChI=1S/C25H29N3O3/c1-2-30-14-15-31-18-20-9-6-8-19(16-20)17-26-25(29)24-22-12-7-13-23(22)28(27-24)21-10-4-3-5-11-21/h3-6,8-11,16H,2,7,12-15,17-18H2,1H3,(H,26,29). The van der Waals surface area contributed by atoms with Crippen LogP contribution in [0.5, 0.6) is 0 Å². The van der Waals surface area contributed by atoms with Crippen LogP contribution in [0.2, 0.25) is 0 Å². The van der Waals surface area contributed by atoms with Gasteiger partial charge < -0.3 is 14.8 Å². The van der Waals surface area contributed by atoms with Crippen LogP contribution in [0.25, 0.3) is 5.69 Å². The quantitative estimate of drug-likeness (QED) is 0.507. The molecule has 162 valence electrons. The Morgan fingerprint density at radius 3 is 2.68 bits per heavy atom. The summed E-state index contributed by atoms with van der Waals surface area (Å²) in [5.74, 6) is -0.119. The zero-order chi connectivity index (χ0) is 21.5. The number of rotatable bonds is 10. The molecule has 4 rings (SSSR count). The number of aromatic nitrogens is 2. The molecule has 0 spiro atoms. The Hall–Kier alpha value is -2.96. The van der Waals surface area contributed by atoms with E-state index in [4.69, 9.17) is 9.47 Å². The molecular formula is C25H29N3O3. The first-order chi connectivity index (χ1) is 15.3. The summed E-state index contributed by atoms with van der Waals surface area (Å²) in [5, 5.41) is 7.71. The van der Waals surface area contributed by atoms with Gasteiger partial charge in [-0.1, -0.05) is 42.5 Å². The Kier molecular flexibility index (Phi) is 7.12. The van der Waals surface area contributed by atoms with E-state index in [2.05, 4.69) is 16.5 Å². The minimum Gasteiger partial charge on any atom is -0.379 e. The predicted octanol–water partition coefficient (Wildman–Crippen LogP) is 3.84. The van der Waals surface area contributed by atoms with Gasteiger partial charge in [0.25, 0.3) is 5.91 Å². The lowest BCUT2D eigenvalue weighted by Gasteiger charge is -2.08. The highest BCUT2D eigenvalue weighted by atomic mass is 16.5. The number of hydrogen-bond donors (Lipinski definition) is 1. The molecule has 0 unspecified atom stereocenters. The Balaban J connectivity index is 1.39. The fraction of sp³-hybridized carbons (Fsp3) is 0.360. The largest absolute Gasteiger partial charge is 0.379 e. The molecule has 2 aromatic carbocycles. The topological polar surface area (TPSA) is 65.4 Å². The molecule has 1 aliphatic rings. The Bertz CT molecular complexity index is 1010. The molecule has 6 heteroatoms. The van der Waals surface area contributed by atoms with E-state index in [0.717, 1.165) is 47.3 Å². The molecule has 0 saturated carbocycles. The number of para-hydroxylation sites is 1. The van der Waals surface area contributed by atoms with Crippen molar-refractivity contribution in [1.82, 2.24) is 15.1 Å². The van der Waals surface area contributed by atoms with Crippen LogP contribution in [-0.4, -0.2) is 35.5 Å². The van der Waals surface area contributed by atoms with E-state index in [9.17, 15) is 4.79 Å². The number of carbonyl (C=O) groups excluding carboxylic acids is 1. The third kappa shape index (κ3) is 5.21. The molecule has 0 fully saturated rings. The summed E-state index contributed by atoms with van der Waals surface area (Å²) >= 11 is 0. The normalized spacial score (nSPS) is 12.7. The molecule has 1 N–H and O–H groups in total. The molecule has 1 heterocycles. The van der Waals surface area contributed by atoms with E-state index in [1.54, 1.807) is 0 Å². The van der Waals surface area contributed by atoms with Gasteiger partial charge in [0.15, 0.2) is 5.69 Å². The Morgan fingerprint density at radius 2 is 1.84 bits per heavy atom. The first kappa shape index (κ1) is 21.3. The van der Waals surface area contributed by atoms with Gasteiger partial charge in [-0.3, -0.25) is 4.79 Å². The third-order valence-corrected chi connectivity index (χ3v) is 5.44. The van der Waals surface area contributed by atoms with Crippen LogP contribution in [0.4, 0.5) is 0 Å². The van der Waals surface area contributed by atoms with Crippen LogP contribution in [0.3, 0.4) is 0 Å². The van der Waals surface area contributed by atoms with E-state index in [1.807, 2.05) is 60.1 Å². The van der Waals surface area contributed by atoms with Gasteiger partial charge in [0, 0.05) is 24.4 Å². The van der Waals surface area contributed by atoms with Crippen LogP contribution in [0.1, 0.15) is 46.2 Å². The van der Waals surface area contributed by atoms with E-state index >= 15 is 0 Å². The van der Waals surface area contributed by atoms with Crippen molar-refractivity contribution in [2.75, 3.05) is 19.8 Å². The first-order valence-electron chi connectivity index (χ1n) is 10.9. The average molecular weight is 420 g/mol. The lowest BCUT2D eigenvalue weighted by Crippen LogP contribution is -2.24. The molecule has 31 heavy (non-hydrogen) atoms. The summed E-state index contributed by atoms with van der Waals surface area (Å²) in [4.78, 5) is 13.0. The highest BCUT2D eigenvalue weighted by molar-refractivity contribution is 5.94. The maximum atomic E-state index is 13.0. The number of ether oxygens (including phenoxy) is 2. The molecule has 3 aromatic rings. The van der Waals surface area contributed by atoms with Crippen LogP contribution in [-0.2, 0) is 35.5 Å². The van der Waals surface area contributed by atoms with Crippen LogP contribution < -0.4 is 5.32 Å². The first-order valence-corrected chi connectivity index (χ1v) is 10.9. The smallest absolute Gasteiger partial charge is 0.272 e. The zero-order valence-electron chi connectivity index (χ0n) is 18.0. The lowest BCUT2D eigenvalue weighted by atomic mass is 10.1. The molecule has 0 atom stereocenters. The average Bonchev–Trinajstić information content (AvgIpc) is 3.41. The van der Waals surface area contributed by atoms with Gasteiger partial charge in [-0.05, 0) is 49.4 Å². The summed E-state index contributed by atoms with van der Waals surface area (Å²) in [5.41, 5.74) is 5.90. The van der Waals surface area contributed by atoms with Crippen molar-refractivity contribution in [2.24, 2.45) is 0 Å². The Labute approximate surface area is 183 Å². The summed E-state index contributed by atoms with van der Waals surface area (Å²) in [6.07, 6.45) is 2.92. The van der Waals surface area contributed by atoms with Gasteiger partial charge in [-0.25, -0.2) is 4.68 Å². The summed E-state index contributed by atoms with van der Waals surface area (Å²) in [6.45, 7) is 4.84. The van der Waals surface area contributed by atoms with Crippen molar-refractivity contribution in [3.05, 3.63) is 82.7 Å². The zero-order valence-corrected chi connectivity index (χ0v) is 18.0. The minimum atomic E-state index is -0.119. The van der Waals surface area contributed by atoms with Gasteiger partial charge in [0.2, 0.25) is 0 Å².